The van der Waals surface area contributed by atoms with Crippen LogP contribution in [0, 0.1) is 0 Å². The molecule has 4 nitrogen and oxygen atoms in total. The highest BCUT2D eigenvalue weighted by atomic mass is 16.5. The number of benzene rings is 2. The number of H-pyrrole nitrogens is 1. The SMILES string of the molecule is COc1cc(OC)cc(C2NCCc3c2[nH]c2ccccc32)c1. The number of methoxy groups -OCH3 is 2. The van der Waals surface area contributed by atoms with Gasteiger partial charge in [0.05, 0.1) is 20.3 Å². The Balaban J connectivity index is 1.86. The summed E-state index contributed by atoms with van der Waals surface area (Å²) < 4.78 is 10.8. The van der Waals surface area contributed by atoms with Gasteiger partial charge in [0.2, 0.25) is 0 Å². The zero-order valence-electron chi connectivity index (χ0n) is 13.3. The first-order valence-electron chi connectivity index (χ1n) is 7.86. The fraction of sp³-hybridized carbons (Fsp3) is 0.263. The Hall–Kier alpha value is -2.46. The predicted octanol–water partition coefficient (Wildman–Crippen LogP) is 3.42. The van der Waals surface area contributed by atoms with E-state index in [0.717, 1.165) is 30.0 Å². The minimum Gasteiger partial charge on any atom is -0.497 e. The zero-order chi connectivity index (χ0) is 15.8. The summed E-state index contributed by atoms with van der Waals surface area (Å²) in [5.74, 6) is 1.62. The topological polar surface area (TPSA) is 46.3 Å². The summed E-state index contributed by atoms with van der Waals surface area (Å²) in [6.07, 6.45) is 1.04. The second-order valence-electron chi connectivity index (χ2n) is 5.85. The lowest BCUT2D eigenvalue weighted by molar-refractivity contribution is 0.392. The van der Waals surface area contributed by atoms with Crippen LogP contribution >= 0.6 is 0 Å². The Morgan fingerprint density at radius 1 is 1.00 bits per heavy atom. The van der Waals surface area contributed by atoms with E-state index in [4.69, 9.17) is 9.47 Å². The van der Waals surface area contributed by atoms with Gasteiger partial charge in [-0.15, -0.1) is 0 Å². The number of hydrogen-bond donors (Lipinski definition) is 2. The summed E-state index contributed by atoms with van der Waals surface area (Å²) in [7, 11) is 3.36. The third-order valence-corrected chi connectivity index (χ3v) is 4.57. The van der Waals surface area contributed by atoms with Crippen LogP contribution in [-0.4, -0.2) is 25.7 Å². The minimum absolute atomic E-state index is 0.121. The lowest BCUT2D eigenvalue weighted by atomic mass is 9.94. The maximum Gasteiger partial charge on any atom is 0.122 e. The van der Waals surface area contributed by atoms with Crippen molar-refractivity contribution in [2.45, 2.75) is 12.5 Å². The molecule has 0 aliphatic carbocycles. The predicted molar refractivity (Wildman–Crippen MR) is 91.4 cm³/mol. The number of aromatic nitrogens is 1. The van der Waals surface area contributed by atoms with Gasteiger partial charge in [0.1, 0.15) is 11.5 Å². The fourth-order valence-corrected chi connectivity index (χ4v) is 3.46. The molecule has 1 aliphatic rings. The van der Waals surface area contributed by atoms with Gasteiger partial charge in [-0.1, -0.05) is 18.2 Å². The van der Waals surface area contributed by atoms with Crippen LogP contribution in [0.4, 0.5) is 0 Å². The highest BCUT2D eigenvalue weighted by Gasteiger charge is 2.25. The summed E-state index contributed by atoms with van der Waals surface area (Å²) >= 11 is 0. The Labute approximate surface area is 135 Å². The first-order chi connectivity index (χ1) is 11.3. The van der Waals surface area contributed by atoms with E-state index >= 15 is 0 Å². The third kappa shape index (κ3) is 2.35. The molecular formula is C19H20N2O2. The van der Waals surface area contributed by atoms with Crippen molar-refractivity contribution in [2.75, 3.05) is 20.8 Å². The van der Waals surface area contributed by atoms with E-state index in [0.29, 0.717) is 0 Å². The number of ether oxygens (including phenoxy) is 2. The Kier molecular flexibility index (Phi) is 3.46. The van der Waals surface area contributed by atoms with Crippen LogP contribution in [0.1, 0.15) is 22.9 Å². The molecule has 23 heavy (non-hydrogen) atoms. The van der Waals surface area contributed by atoms with Crippen molar-refractivity contribution >= 4 is 10.9 Å². The number of nitrogens with one attached hydrogen (secondary N) is 2. The number of hydrogen-bond acceptors (Lipinski definition) is 3. The maximum atomic E-state index is 5.42. The molecule has 0 amide bonds. The van der Waals surface area contributed by atoms with Gasteiger partial charge >= 0.3 is 0 Å². The standard InChI is InChI=1S/C19H20N2O2/c1-22-13-9-12(10-14(11-13)23-2)18-19-16(7-8-20-18)15-5-3-4-6-17(15)21-19/h3-6,9-11,18,20-21H,7-8H2,1-2H3. The van der Waals surface area contributed by atoms with Gasteiger partial charge in [-0.25, -0.2) is 0 Å². The molecule has 0 radical (unpaired) electrons. The number of fused-ring (bicyclic) bond motifs is 3. The van der Waals surface area contributed by atoms with Crippen molar-refractivity contribution in [3.05, 3.63) is 59.3 Å². The Morgan fingerprint density at radius 3 is 2.48 bits per heavy atom. The van der Waals surface area contributed by atoms with Gasteiger partial charge < -0.3 is 19.8 Å². The van der Waals surface area contributed by atoms with E-state index in [1.807, 2.05) is 6.07 Å². The van der Waals surface area contributed by atoms with Crippen molar-refractivity contribution in [3.63, 3.8) is 0 Å². The van der Waals surface area contributed by atoms with Crippen LogP contribution < -0.4 is 14.8 Å². The highest BCUT2D eigenvalue weighted by Crippen LogP contribution is 2.36. The molecule has 0 saturated heterocycles. The molecule has 0 bridgehead atoms. The van der Waals surface area contributed by atoms with E-state index in [2.05, 4.69) is 46.7 Å². The van der Waals surface area contributed by atoms with E-state index in [9.17, 15) is 0 Å². The van der Waals surface area contributed by atoms with Gasteiger partial charge in [0.15, 0.2) is 0 Å². The fourth-order valence-electron chi connectivity index (χ4n) is 3.46. The summed E-state index contributed by atoms with van der Waals surface area (Å²) in [5.41, 5.74) is 4.99. The summed E-state index contributed by atoms with van der Waals surface area (Å²) in [6.45, 7) is 0.957. The van der Waals surface area contributed by atoms with Gasteiger partial charge in [-0.05, 0) is 35.7 Å². The summed E-state index contributed by atoms with van der Waals surface area (Å²) in [5, 5.41) is 4.94. The molecule has 1 aromatic heterocycles. The second kappa shape index (κ2) is 5.63. The Bertz CT molecular complexity index is 831. The van der Waals surface area contributed by atoms with Gasteiger partial charge in [-0.3, -0.25) is 0 Å². The van der Waals surface area contributed by atoms with Gasteiger partial charge in [0, 0.05) is 29.2 Å². The smallest absolute Gasteiger partial charge is 0.122 e. The molecular weight excluding hydrogens is 288 g/mol. The number of para-hydroxylation sites is 1. The highest BCUT2D eigenvalue weighted by molar-refractivity contribution is 5.85. The average Bonchev–Trinajstić information content (AvgIpc) is 3.00. The van der Waals surface area contributed by atoms with E-state index in [1.54, 1.807) is 14.2 Å². The maximum absolute atomic E-state index is 5.42. The molecule has 0 fully saturated rings. The van der Waals surface area contributed by atoms with Crippen LogP contribution in [0.5, 0.6) is 11.5 Å². The normalized spacial score (nSPS) is 17.0. The molecule has 0 saturated carbocycles. The largest absolute Gasteiger partial charge is 0.497 e. The molecule has 3 aromatic rings. The molecule has 2 N–H and O–H groups in total. The molecule has 1 unspecified atom stereocenters. The molecule has 0 spiro atoms. The van der Waals surface area contributed by atoms with Crippen molar-refractivity contribution in [2.24, 2.45) is 0 Å². The third-order valence-electron chi connectivity index (χ3n) is 4.57. The van der Waals surface area contributed by atoms with Crippen molar-refractivity contribution < 1.29 is 9.47 Å². The van der Waals surface area contributed by atoms with E-state index in [1.165, 1.54) is 22.2 Å². The van der Waals surface area contributed by atoms with Crippen LogP contribution in [0.2, 0.25) is 0 Å². The number of aromatic amines is 1. The molecule has 2 aromatic carbocycles. The lowest BCUT2D eigenvalue weighted by Crippen LogP contribution is -2.30. The molecule has 4 heteroatoms. The van der Waals surface area contributed by atoms with Crippen LogP contribution in [0.25, 0.3) is 10.9 Å². The molecule has 2 heterocycles. The minimum atomic E-state index is 0.121. The zero-order valence-corrected chi connectivity index (χ0v) is 13.3. The average molecular weight is 308 g/mol. The first-order valence-corrected chi connectivity index (χ1v) is 7.86. The van der Waals surface area contributed by atoms with Crippen molar-refractivity contribution in [1.29, 1.82) is 0 Å². The lowest BCUT2D eigenvalue weighted by Gasteiger charge is -2.25. The molecule has 1 aliphatic heterocycles. The van der Waals surface area contributed by atoms with E-state index in [-0.39, 0.29) is 6.04 Å². The molecule has 4 rings (SSSR count). The van der Waals surface area contributed by atoms with Crippen LogP contribution in [-0.2, 0) is 6.42 Å². The second-order valence-corrected chi connectivity index (χ2v) is 5.85. The van der Waals surface area contributed by atoms with E-state index < -0.39 is 0 Å². The number of rotatable bonds is 3. The first kappa shape index (κ1) is 14.2. The summed E-state index contributed by atoms with van der Waals surface area (Å²) in [6, 6.07) is 14.7. The van der Waals surface area contributed by atoms with Crippen LogP contribution in [0.15, 0.2) is 42.5 Å². The van der Waals surface area contributed by atoms with Gasteiger partial charge in [-0.2, -0.15) is 0 Å². The monoisotopic (exact) mass is 308 g/mol. The summed E-state index contributed by atoms with van der Waals surface area (Å²) in [4.78, 5) is 3.60. The molecule has 1 atom stereocenters. The van der Waals surface area contributed by atoms with Crippen molar-refractivity contribution in [1.82, 2.24) is 10.3 Å². The van der Waals surface area contributed by atoms with Crippen LogP contribution in [0.3, 0.4) is 0 Å². The molecule has 118 valence electrons. The van der Waals surface area contributed by atoms with Gasteiger partial charge in [0.25, 0.3) is 0 Å². The Morgan fingerprint density at radius 2 is 1.74 bits per heavy atom. The van der Waals surface area contributed by atoms with Crippen molar-refractivity contribution in [3.8, 4) is 11.5 Å². The quantitative estimate of drug-likeness (QED) is 0.779.